The predicted octanol–water partition coefficient (Wildman–Crippen LogP) is 8.53. The number of anilines is 1. The largest absolute Gasteiger partial charge is 0.408 e. The number of nitrogens with one attached hydrogen (secondary N) is 1. The van der Waals surface area contributed by atoms with E-state index in [-0.39, 0.29) is 62.4 Å². The lowest BCUT2D eigenvalue weighted by molar-refractivity contribution is -0.141. The molecule has 2 aromatic carbocycles. The second kappa shape index (κ2) is 15.2. The Hall–Kier alpha value is -3.80. The Labute approximate surface area is 299 Å². The van der Waals surface area contributed by atoms with Crippen LogP contribution in [0.1, 0.15) is 56.1 Å². The summed E-state index contributed by atoms with van der Waals surface area (Å²) in [5, 5.41) is 7.19. The van der Waals surface area contributed by atoms with Gasteiger partial charge in [0.2, 0.25) is 12.3 Å². The molecule has 0 saturated heterocycles. The molecule has 50 heavy (non-hydrogen) atoms. The second-order valence-corrected chi connectivity index (χ2v) is 14.8. The van der Waals surface area contributed by atoms with Crippen LogP contribution in [0.4, 0.5) is 27.8 Å². The maximum absolute atomic E-state index is 14.2. The van der Waals surface area contributed by atoms with E-state index in [0.29, 0.717) is 24.9 Å². The SMILES string of the molecule is CSN(C(=O)C1CCC1)c1nn(CC(F)(F)F)c2c(-c3ccc(C#CC(C)(C)SC)nc3C(Cc3cc(F)cc(F)c3)NC=O)ccc(Cl)c12. The van der Waals surface area contributed by atoms with Crippen LogP contribution in [0.25, 0.3) is 22.0 Å². The van der Waals surface area contributed by atoms with Crippen LogP contribution in [0.2, 0.25) is 5.02 Å². The highest BCUT2D eigenvalue weighted by Crippen LogP contribution is 2.44. The zero-order chi connectivity index (χ0) is 36.4. The molecule has 2 aromatic heterocycles. The summed E-state index contributed by atoms with van der Waals surface area (Å²) in [7, 11) is 0. The number of amides is 2. The summed E-state index contributed by atoms with van der Waals surface area (Å²) in [5.74, 6) is 3.93. The first kappa shape index (κ1) is 37.5. The van der Waals surface area contributed by atoms with Crippen molar-refractivity contribution in [1.29, 1.82) is 0 Å². The van der Waals surface area contributed by atoms with Crippen molar-refractivity contribution in [2.75, 3.05) is 16.8 Å². The number of alkyl halides is 3. The number of hydrogen-bond donors (Lipinski definition) is 1. The van der Waals surface area contributed by atoms with Crippen LogP contribution in [0.5, 0.6) is 0 Å². The van der Waals surface area contributed by atoms with Gasteiger partial charge in [0.15, 0.2) is 5.82 Å². The number of rotatable bonds is 11. The van der Waals surface area contributed by atoms with E-state index in [1.807, 2.05) is 20.1 Å². The highest BCUT2D eigenvalue weighted by Gasteiger charge is 2.36. The van der Waals surface area contributed by atoms with Crippen molar-refractivity contribution in [1.82, 2.24) is 20.1 Å². The normalized spacial score (nSPS) is 14.1. The topological polar surface area (TPSA) is 80.1 Å². The minimum Gasteiger partial charge on any atom is -0.350 e. The van der Waals surface area contributed by atoms with Crippen molar-refractivity contribution in [2.24, 2.45) is 5.92 Å². The van der Waals surface area contributed by atoms with Gasteiger partial charge in [-0.05, 0) is 93.1 Å². The van der Waals surface area contributed by atoms with E-state index < -0.39 is 35.1 Å². The number of thioether (sulfide) groups is 1. The maximum atomic E-state index is 14.2. The Morgan fingerprint density at radius 2 is 1.80 bits per heavy atom. The number of fused-ring (bicyclic) bond motifs is 1. The molecule has 5 rings (SSSR count). The first-order chi connectivity index (χ1) is 23.6. The first-order valence-corrected chi connectivity index (χ1v) is 18.3. The molecule has 0 spiro atoms. The molecule has 4 aromatic rings. The Morgan fingerprint density at radius 1 is 1.12 bits per heavy atom. The third kappa shape index (κ3) is 8.38. The number of aromatic nitrogens is 3. The van der Waals surface area contributed by atoms with Crippen molar-refractivity contribution in [3.05, 3.63) is 76.1 Å². The summed E-state index contributed by atoms with van der Waals surface area (Å²) < 4.78 is 72.4. The fourth-order valence-electron chi connectivity index (χ4n) is 5.59. The standard InChI is InChI=1S/C35H33ClF5N5O2S2/c1-34(2,49-3)13-12-24-8-9-25(30(43-24)28(42-19-47)16-20-14-22(37)17-23(38)15-20)26-10-11-27(36)29-31(26)45(18-35(39,40)41)44-32(29)46(50-4)33(48)21-6-5-7-21/h8-11,14-15,17,19,21,28H,5-7,16,18H2,1-4H3,(H,42,47). The van der Waals surface area contributed by atoms with E-state index in [2.05, 4.69) is 22.3 Å². The van der Waals surface area contributed by atoms with Gasteiger partial charge in [0.25, 0.3) is 0 Å². The quantitative estimate of drug-likeness (QED) is 0.0717. The highest BCUT2D eigenvalue weighted by molar-refractivity contribution is 8.00. The monoisotopic (exact) mass is 749 g/mol. The van der Waals surface area contributed by atoms with Gasteiger partial charge in [-0.2, -0.15) is 18.3 Å². The van der Waals surface area contributed by atoms with Crippen LogP contribution >= 0.6 is 35.3 Å². The van der Waals surface area contributed by atoms with Gasteiger partial charge in [-0.1, -0.05) is 30.0 Å². The van der Waals surface area contributed by atoms with E-state index in [9.17, 15) is 31.5 Å². The predicted molar refractivity (Wildman–Crippen MR) is 189 cm³/mol. The third-order valence-corrected chi connectivity index (χ3v) is 10.5. The lowest BCUT2D eigenvalue weighted by Crippen LogP contribution is -2.34. The molecule has 0 aliphatic heterocycles. The van der Waals surface area contributed by atoms with E-state index in [0.717, 1.165) is 41.2 Å². The van der Waals surface area contributed by atoms with Gasteiger partial charge >= 0.3 is 6.18 Å². The van der Waals surface area contributed by atoms with E-state index in [1.54, 1.807) is 18.4 Å². The van der Waals surface area contributed by atoms with Crippen molar-refractivity contribution >= 4 is 64.3 Å². The molecule has 2 amide bonds. The number of pyridine rings is 1. The van der Waals surface area contributed by atoms with Crippen molar-refractivity contribution < 1.29 is 31.5 Å². The fourth-order valence-corrected chi connectivity index (χ4v) is 6.61. The van der Waals surface area contributed by atoms with Crippen LogP contribution in [0.15, 0.2) is 42.5 Å². The molecule has 1 unspecified atom stereocenters. The zero-order valence-corrected chi connectivity index (χ0v) is 29.9. The molecule has 1 aliphatic rings. The van der Waals surface area contributed by atoms with E-state index in [1.165, 1.54) is 28.2 Å². The highest BCUT2D eigenvalue weighted by atomic mass is 35.5. The molecule has 15 heteroatoms. The summed E-state index contributed by atoms with van der Waals surface area (Å²) in [6.07, 6.45) is 1.31. The molecule has 1 atom stereocenters. The summed E-state index contributed by atoms with van der Waals surface area (Å²) in [6.45, 7) is 2.35. The Bertz CT molecular complexity index is 1970. The Balaban J connectivity index is 1.79. The molecule has 1 N–H and O–H groups in total. The van der Waals surface area contributed by atoms with E-state index >= 15 is 0 Å². The van der Waals surface area contributed by atoms with Crippen molar-refractivity contribution in [3.8, 4) is 23.0 Å². The smallest absolute Gasteiger partial charge is 0.350 e. The minimum absolute atomic E-state index is 0.0164. The van der Waals surface area contributed by atoms with Gasteiger partial charge in [-0.3, -0.25) is 14.3 Å². The molecule has 1 aliphatic carbocycles. The summed E-state index contributed by atoms with van der Waals surface area (Å²) >= 11 is 9.25. The average Bonchev–Trinajstić information content (AvgIpc) is 3.37. The Morgan fingerprint density at radius 3 is 2.38 bits per heavy atom. The lowest BCUT2D eigenvalue weighted by atomic mass is 9.85. The fraction of sp³-hybridized carbons (Fsp3) is 0.371. The van der Waals surface area contributed by atoms with Gasteiger partial charge < -0.3 is 5.32 Å². The summed E-state index contributed by atoms with van der Waals surface area (Å²) in [4.78, 5) is 30.2. The minimum atomic E-state index is -4.70. The average molecular weight is 750 g/mol. The number of carbonyl (C=O) groups is 2. The second-order valence-electron chi connectivity index (χ2n) is 12.3. The lowest BCUT2D eigenvalue weighted by Gasteiger charge is -2.29. The maximum Gasteiger partial charge on any atom is 0.408 e. The molecule has 1 saturated carbocycles. The molecular formula is C35H33ClF5N5O2S2. The van der Waals surface area contributed by atoms with Gasteiger partial charge in [-0.15, -0.1) is 11.8 Å². The number of nitrogens with zero attached hydrogens (tertiary/aromatic N) is 4. The third-order valence-electron chi connectivity index (χ3n) is 8.36. The zero-order valence-electron chi connectivity index (χ0n) is 27.5. The van der Waals surface area contributed by atoms with Gasteiger partial charge in [0.05, 0.1) is 32.4 Å². The van der Waals surface area contributed by atoms with Crippen LogP contribution < -0.4 is 9.62 Å². The number of halogens is 6. The number of hydrogen-bond acceptors (Lipinski definition) is 6. The molecular weight excluding hydrogens is 717 g/mol. The molecule has 1 fully saturated rings. The Kier molecular flexibility index (Phi) is 11.4. The molecule has 7 nitrogen and oxygen atoms in total. The summed E-state index contributed by atoms with van der Waals surface area (Å²) in [6, 6.07) is 8.18. The van der Waals surface area contributed by atoms with E-state index in [4.69, 9.17) is 16.6 Å². The number of benzene rings is 2. The molecule has 0 radical (unpaired) electrons. The van der Waals surface area contributed by atoms with Crippen molar-refractivity contribution in [3.63, 3.8) is 0 Å². The van der Waals surface area contributed by atoms with Crippen LogP contribution in [-0.4, -0.2) is 50.5 Å². The van der Waals surface area contributed by atoms with Crippen LogP contribution in [0, 0.1) is 29.4 Å². The van der Waals surface area contributed by atoms with Gasteiger partial charge in [0, 0.05) is 29.4 Å². The van der Waals surface area contributed by atoms with Crippen LogP contribution in [0.3, 0.4) is 0 Å². The van der Waals surface area contributed by atoms with Crippen molar-refractivity contribution in [2.45, 2.75) is 63.0 Å². The van der Waals surface area contributed by atoms with Gasteiger partial charge in [0.1, 0.15) is 23.9 Å². The van der Waals surface area contributed by atoms with Gasteiger partial charge in [-0.25, -0.2) is 18.1 Å². The van der Waals surface area contributed by atoms with Crippen LogP contribution in [-0.2, 0) is 22.6 Å². The first-order valence-electron chi connectivity index (χ1n) is 15.5. The summed E-state index contributed by atoms with van der Waals surface area (Å²) in [5.41, 5.74) is 1.16. The molecule has 0 bridgehead atoms. The molecule has 2 heterocycles. The molecule has 264 valence electrons. The number of carbonyl (C=O) groups excluding carboxylic acids is 2.